The number of carboxylic acids is 1. The van der Waals surface area contributed by atoms with Crippen molar-refractivity contribution in [3.63, 3.8) is 0 Å². The first-order chi connectivity index (χ1) is 10.8. The van der Waals surface area contributed by atoms with E-state index in [2.05, 4.69) is 15.5 Å². The van der Waals surface area contributed by atoms with Crippen LogP contribution >= 0.6 is 11.6 Å². The summed E-state index contributed by atoms with van der Waals surface area (Å²) in [4.78, 5) is 23.1. The minimum absolute atomic E-state index is 0.201. The van der Waals surface area contributed by atoms with Gasteiger partial charge in [0.25, 0.3) is 0 Å². The largest absolute Gasteiger partial charge is 0.480 e. The van der Waals surface area contributed by atoms with Crippen LogP contribution in [-0.4, -0.2) is 36.5 Å². The quantitative estimate of drug-likeness (QED) is 0.882. The predicted octanol–water partition coefficient (Wildman–Crippen LogP) is 1.45. The van der Waals surface area contributed by atoms with E-state index in [1.54, 1.807) is 18.7 Å². The average Bonchev–Trinajstić information content (AvgIpc) is 2.86. The molecule has 0 unspecified atom stereocenters. The number of anilines is 1. The summed E-state index contributed by atoms with van der Waals surface area (Å²) in [6.07, 6.45) is 0.221. The Balaban J connectivity index is 2.18. The number of carbonyl (C=O) groups is 2. The van der Waals surface area contributed by atoms with E-state index in [0.29, 0.717) is 16.7 Å². The number of carboxylic acid groups (broad SMARTS) is 1. The summed E-state index contributed by atoms with van der Waals surface area (Å²) >= 11 is 6.35. The Morgan fingerprint density at radius 1 is 1.35 bits per heavy atom. The molecule has 2 N–H and O–H groups in total. The van der Waals surface area contributed by atoms with Gasteiger partial charge in [0.15, 0.2) is 0 Å². The zero-order chi connectivity index (χ0) is 16.9. The highest BCUT2D eigenvalue weighted by Crippen LogP contribution is 2.42. The van der Waals surface area contributed by atoms with Gasteiger partial charge in [0.05, 0.1) is 11.4 Å². The third-order valence-corrected chi connectivity index (χ3v) is 4.45. The van der Waals surface area contributed by atoms with Gasteiger partial charge in [-0.05, 0) is 13.8 Å². The molecule has 0 spiro atoms. The molecule has 0 fully saturated rings. The topological polar surface area (TPSA) is 102 Å². The Bertz CT molecular complexity index is 823. The van der Waals surface area contributed by atoms with Crippen LogP contribution in [0.3, 0.4) is 0 Å². The first-order valence-electron chi connectivity index (χ1n) is 7.07. The number of nitrogens with zero attached hydrogens (tertiary/aromatic N) is 4. The standard InChI is InChI=1S/C14H16ClN5O3/c1-6-11(13(15)19(3)17-6)8-4-9(21)16-14-12(8)7(2)18-20(14)5-10(22)23/h8H,4-5H2,1-3H3,(H,16,21)(H,22,23)/t8-/m1/s1. The molecule has 3 heterocycles. The fraction of sp³-hybridized carbons (Fsp3) is 0.429. The second-order valence-electron chi connectivity index (χ2n) is 5.62. The lowest BCUT2D eigenvalue weighted by atomic mass is 9.86. The number of carbonyl (C=O) groups excluding carboxylic acids is 1. The van der Waals surface area contributed by atoms with Gasteiger partial charge in [0.2, 0.25) is 5.91 Å². The fourth-order valence-electron chi connectivity index (χ4n) is 3.15. The lowest BCUT2D eigenvalue weighted by Gasteiger charge is -2.24. The number of hydrogen-bond acceptors (Lipinski definition) is 4. The van der Waals surface area contributed by atoms with Crippen LogP contribution in [0.15, 0.2) is 0 Å². The summed E-state index contributed by atoms with van der Waals surface area (Å²) in [6.45, 7) is 3.31. The van der Waals surface area contributed by atoms with Crippen LogP contribution in [-0.2, 0) is 23.2 Å². The highest BCUT2D eigenvalue weighted by molar-refractivity contribution is 6.30. The highest BCUT2D eigenvalue weighted by Gasteiger charge is 2.35. The average molecular weight is 338 g/mol. The Morgan fingerprint density at radius 2 is 2.00 bits per heavy atom. The van der Waals surface area contributed by atoms with E-state index in [0.717, 1.165) is 16.8 Å². The Hall–Kier alpha value is -2.35. The Morgan fingerprint density at radius 3 is 2.57 bits per heavy atom. The summed E-state index contributed by atoms with van der Waals surface area (Å²) in [7, 11) is 1.74. The lowest BCUT2D eigenvalue weighted by Crippen LogP contribution is -2.26. The molecule has 3 rings (SSSR count). The maximum absolute atomic E-state index is 12.1. The van der Waals surface area contributed by atoms with Crippen LogP contribution in [0.25, 0.3) is 0 Å². The molecule has 23 heavy (non-hydrogen) atoms. The number of halogens is 1. The second kappa shape index (κ2) is 5.38. The van der Waals surface area contributed by atoms with Crippen LogP contribution in [0.5, 0.6) is 0 Å². The number of aliphatic carboxylic acids is 1. The molecule has 0 saturated carbocycles. The third kappa shape index (κ3) is 2.48. The predicted molar refractivity (Wildman–Crippen MR) is 82.6 cm³/mol. The van der Waals surface area contributed by atoms with Crippen molar-refractivity contribution in [2.24, 2.45) is 7.05 Å². The van der Waals surface area contributed by atoms with Gasteiger partial charge >= 0.3 is 5.97 Å². The van der Waals surface area contributed by atoms with Crippen molar-refractivity contribution in [2.45, 2.75) is 32.7 Å². The molecule has 9 heteroatoms. The van der Waals surface area contributed by atoms with E-state index < -0.39 is 5.97 Å². The minimum Gasteiger partial charge on any atom is -0.480 e. The molecule has 0 radical (unpaired) electrons. The van der Waals surface area contributed by atoms with E-state index >= 15 is 0 Å². The molecule has 122 valence electrons. The highest BCUT2D eigenvalue weighted by atomic mass is 35.5. The molecule has 0 aromatic carbocycles. The van der Waals surface area contributed by atoms with Crippen molar-refractivity contribution in [2.75, 3.05) is 5.32 Å². The molecule has 1 atom stereocenters. The lowest BCUT2D eigenvalue weighted by molar-refractivity contribution is -0.137. The second-order valence-corrected chi connectivity index (χ2v) is 5.98. The normalized spacial score (nSPS) is 17.0. The number of amides is 1. The van der Waals surface area contributed by atoms with Crippen molar-refractivity contribution >= 4 is 29.3 Å². The van der Waals surface area contributed by atoms with Gasteiger partial charge in [0, 0.05) is 30.5 Å². The molecule has 1 aliphatic heterocycles. The van der Waals surface area contributed by atoms with Gasteiger partial charge in [0.1, 0.15) is 17.5 Å². The van der Waals surface area contributed by atoms with E-state index in [9.17, 15) is 9.59 Å². The summed E-state index contributed by atoms with van der Waals surface area (Å²) < 4.78 is 2.87. The molecule has 8 nitrogen and oxygen atoms in total. The van der Waals surface area contributed by atoms with Gasteiger partial charge in [-0.3, -0.25) is 14.3 Å². The maximum Gasteiger partial charge on any atom is 0.325 e. The zero-order valence-corrected chi connectivity index (χ0v) is 13.7. The maximum atomic E-state index is 12.1. The number of aromatic nitrogens is 4. The molecular weight excluding hydrogens is 322 g/mol. The number of aryl methyl sites for hydroxylation is 3. The number of nitrogens with one attached hydrogen (secondary N) is 1. The van der Waals surface area contributed by atoms with Gasteiger partial charge in [-0.25, -0.2) is 4.68 Å². The zero-order valence-electron chi connectivity index (χ0n) is 12.9. The van der Waals surface area contributed by atoms with E-state index in [1.807, 2.05) is 6.92 Å². The van der Waals surface area contributed by atoms with Crippen molar-refractivity contribution in [1.82, 2.24) is 19.6 Å². The smallest absolute Gasteiger partial charge is 0.325 e. The van der Waals surface area contributed by atoms with Crippen molar-refractivity contribution < 1.29 is 14.7 Å². The van der Waals surface area contributed by atoms with Crippen LogP contribution in [0.2, 0.25) is 5.15 Å². The van der Waals surface area contributed by atoms with Gasteiger partial charge in [-0.2, -0.15) is 10.2 Å². The van der Waals surface area contributed by atoms with E-state index in [-0.39, 0.29) is 24.8 Å². The molecule has 1 aliphatic rings. The third-order valence-electron chi connectivity index (χ3n) is 4.00. The summed E-state index contributed by atoms with van der Waals surface area (Å²) in [5.41, 5.74) is 2.99. The van der Waals surface area contributed by atoms with E-state index in [1.165, 1.54) is 4.68 Å². The molecular formula is C14H16ClN5O3. The van der Waals surface area contributed by atoms with Crippen LogP contribution < -0.4 is 5.32 Å². The molecule has 0 aliphatic carbocycles. The van der Waals surface area contributed by atoms with Crippen LogP contribution in [0.4, 0.5) is 5.82 Å². The Labute approximate surface area is 137 Å². The van der Waals surface area contributed by atoms with Crippen molar-refractivity contribution in [3.05, 3.63) is 27.7 Å². The van der Waals surface area contributed by atoms with Gasteiger partial charge in [-0.15, -0.1) is 0 Å². The molecule has 1 amide bonds. The monoisotopic (exact) mass is 337 g/mol. The fourth-order valence-corrected chi connectivity index (χ4v) is 3.45. The van der Waals surface area contributed by atoms with Gasteiger partial charge in [-0.1, -0.05) is 11.6 Å². The van der Waals surface area contributed by atoms with E-state index in [4.69, 9.17) is 16.7 Å². The summed E-state index contributed by atoms with van der Waals surface area (Å²) in [5.74, 6) is -1.09. The number of rotatable bonds is 3. The van der Waals surface area contributed by atoms with Gasteiger partial charge < -0.3 is 10.4 Å². The first-order valence-corrected chi connectivity index (χ1v) is 7.45. The van der Waals surface area contributed by atoms with Crippen LogP contribution in [0.1, 0.15) is 34.9 Å². The summed E-state index contributed by atoms with van der Waals surface area (Å²) in [5, 5.41) is 20.8. The molecule has 2 aromatic heterocycles. The van der Waals surface area contributed by atoms with Crippen molar-refractivity contribution in [1.29, 1.82) is 0 Å². The molecule has 0 saturated heterocycles. The van der Waals surface area contributed by atoms with Crippen molar-refractivity contribution in [3.8, 4) is 0 Å². The number of hydrogen-bond donors (Lipinski definition) is 2. The SMILES string of the molecule is Cc1nn(C)c(Cl)c1[C@H]1CC(=O)Nc2c1c(C)nn2CC(=O)O. The van der Waals surface area contributed by atoms with Crippen LogP contribution in [0, 0.1) is 13.8 Å². The minimum atomic E-state index is -1.03. The Kier molecular flexibility index (Phi) is 3.63. The first kappa shape index (κ1) is 15.5. The molecule has 2 aromatic rings. The number of fused-ring (bicyclic) bond motifs is 1. The summed E-state index contributed by atoms with van der Waals surface area (Å²) in [6, 6.07) is 0. The molecule has 0 bridgehead atoms.